The summed E-state index contributed by atoms with van der Waals surface area (Å²) in [6.45, 7) is 3.74. The molecule has 1 atom stereocenters. The summed E-state index contributed by atoms with van der Waals surface area (Å²) < 4.78 is 4.88. The molecule has 0 aliphatic heterocycles. The van der Waals surface area contributed by atoms with Crippen LogP contribution in [0.5, 0.6) is 0 Å². The Balaban J connectivity index is 3.18. The smallest absolute Gasteiger partial charge is 0.181 e. The van der Waals surface area contributed by atoms with Crippen molar-refractivity contribution in [3.63, 3.8) is 0 Å². The van der Waals surface area contributed by atoms with Crippen molar-refractivity contribution < 1.29 is 9.84 Å². The fourth-order valence-corrected chi connectivity index (χ4v) is 0.824. The minimum Gasteiger partial charge on any atom is -0.349 e. The molecule has 0 heterocycles. The Morgan fingerprint density at radius 1 is 1.44 bits per heavy atom. The number of hydrogen-bond acceptors (Lipinski definition) is 1. The zero-order valence-electron chi connectivity index (χ0n) is 6.22. The zero-order valence-corrected chi connectivity index (χ0v) is 6.22. The first-order chi connectivity index (χ1) is 4.35. The van der Waals surface area contributed by atoms with Crippen LogP contribution in [0, 0.1) is 0 Å². The van der Waals surface area contributed by atoms with Crippen molar-refractivity contribution >= 4 is 0 Å². The van der Waals surface area contributed by atoms with E-state index in [1.807, 2.05) is 6.92 Å². The first kappa shape index (κ1) is 8.92. The van der Waals surface area contributed by atoms with Crippen LogP contribution in [-0.4, -0.2) is 12.9 Å². The molecule has 0 spiro atoms. The van der Waals surface area contributed by atoms with Gasteiger partial charge in [0.25, 0.3) is 0 Å². The minimum atomic E-state index is -0.390. The lowest BCUT2D eigenvalue weighted by Crippen LogP contribution is -2.10. The summed E-state index contributed by atoms with van der Waals surface area (Å²) in [5.41, 5.74) is 0. The molecule has 0 fully saturated rings. The van der Waals surface area contributed by atoms with Gasteiger partial charge in [0.1, 0.15) is 0 Å². The van der Waals surface area contributed by atoms with Gasteiger partial charge in [0.15, 0.2) is 6.79 Å². The van der Waals surface area contributed by atoms with E-state index in [9.17, 15) is 5.11 Å². The van der Waals surface area contributed by atoms with Crippen LogP contribution >= 0.6 is 0 Å². The molecule has 0 amide bonds. The van der Waals surface area contributed by atoms with E-state index < -0.39 is 6.79 Å². The molecule has 0 rings (SSSR count). The van der Waals surface area contributed by atoms with Gasteiger partial charge in [-0.25, -0.2) is 5.11 Å². The van der Waals surface area contributed by atoms with Crippen molar-refractivity contribution in [2.75, 3.05) is 6.79 Å². The second-order valence-corrected chi connectivity index (χ2v) is 2.10. The second kappa shape index (κ2) is 6.05. The van der Waals surface area contributed by atoms with E-state index in [0.29, 0.717) is 0 Å². The zero-order chi connectivity index (χ0) is 7.11. The van der Waals surface area contributed by atoms with E-state index in [0.717, 1.165) is 19.3 Å². The van der Waals surface area contributed by atoms with Crippen LogP contribution in [-0.2, 0) is 9.84 Å². The van der Waals surface area contributed by atoms with E-state index in [2.05, 4.69) is 6.92 Å². The second-order valence-electron chi connectivity index (χ2n) is 2.10. The van der Waals surface area contributed by atoms with Gasteiger partial charge < -0.3 is 4.74 Å². The van der Waals surface area contributed by atoms with Gasteiger partial charge in [-0.15, -0.1) is 0 Å². The molecule has 0 saturated carbocycles. The van der Waals surface area contributed by atoms with Gasteiger partial charge in [0.05, 0.1) is 6.10 Å². The van der Waals surface area contributed by atoms with Crippen LogP contribution in [0.4, 0.5) is 0 Å². The Morgan fingerprint density at radius 2 is 2.11 bits per heavy atom. The molecule has 2 heteroatoms. The molecule has 0 aliphatic rings. The number of rotatable bonds is 5. The molecule has 0 aromatic rings. The van der Waals surface area contributed by atoms with E-state index in [1.165, 1.54) is 0 Å². The highest BCUT2D eigenvalue weighted by Crippen LogP contribution is 2.04. The predicted molar refractivity (Wildman–Crippen MR) is 35.6 cm³/mol. The van der Waals surface area contributed by atoms with Gasteiger partial charge in [-0.1, -0.05) is 20.3 Å². The van der Waals surface area contributed by atoms with E-state index in [4.69, 9.17) is 4.74 Å². The number of hydrogen-bond donors (Lipinski definition) is 0. The van der Waals surface area contributed by atoms with Gasteiger partial charge in [0.2, 0.25) is 0 Å². The summed E-state index contributed by atoms with van der Waals surface area (Å²) >= 11 is 0. The molecule has 0 aliphatic carbocycles. The Hall–Kier alpha value is -0.0800. The van der Waals surface area contributed by atoms with E-state index in [1.54, 1.807) is 0 Å². The maximum Gasteiger partial charge on any atom is 0.181 e. The quantitative estimate of drug-likeness (QED) is 0.524. The molecule has 0 bridgehead atoms. The van der Waals surface area contributed by atoms with Gasteiger partial charge in [-0.3, -0.25) is 0 Å². The maximum absolute atomic E-state index is 9.95. The highest BCUT2D eigenvalue weighted by atomic mass is 16.6. The van der Waals surface area contributed by atoms with Gasteiger partial charge in [0, 0.05) is 0 Å². The van der Waals surface area contributed by atoms with Crippen molar-refractivity contribution in [3.05, 3.63) is 0 Å². The van der Waals surface area contributed by atoms with Crippen molar-refractivity contribution in [1.82, 2.24) is 0 Å². The summed E-state index contributed by atoms with van der Waals surface area (Å²) in [4.78, 5) is 0. The molecular formula is C7H15O2. The molecule has 1 radical (unpaired) electrons. The molecule has 9 heavy (non-hydrogen) atoms. The van der Waals surface area contributed by atoms with Crippen molar-refractivity contribution in [3.8, 4) is 0 Å². The summed E-state index contributed by atoms with van der Waals surface area (Å²) in [5.74, 6) is 0. The number of ether oxygens (including phenoxy) is 1. The average Bonchev–Trinajstić information content (AvgIpc) is 1.88. The Bertz CT molecular complexity index is 48.9. The van der Waals surface area contributed by atoms with E-state index in [-0.39, 0.29) is 6.10 Å². The summed E-state index contributed by atoms with van der Waals surface area (Å²) in [6, 6.07) is 0. The first-order valence-corrected chi connectivity index (χ1v) is 3.54. The third-order valence-corrected chi connectivity index (χ3v) is 1.37. The summed E-state index contributed by atoms with van der Waals surface area (Å²) in [7, 11) is 0. The molecule has 0 aromatic heterocycles. The van der Waals surface area contributed by atoms with Crippen LogP contribution in [0.25, 0.3) is 0 Å². The van der Waals surface area contributed by atoms with Crippen LogP contribution in [0.3, 0.4) is 0 Å². The molecule has 0 N–H and O–H groups in total. The Kier molecular flexibility index (Phi) is 5.99. The molecule has 0 saturated heterocycles. The first-order valence-electron chi connectivity index (χ1n) is 3.54. The van der Waals surface area contributed by atoms with Gasteiger partial charge >= 0.3 is 0 Å². The fraction of sp³-hybridized carbons (Fsp3) is 1.00. The SMILES string of the molecule is CCCC(CC)OC[O]. The summed E-state index contributed by atoms with van der Waals surface area (Å²) in [5, 5.41) is 9.95. The highest BCUT2D eigenvalue weighted by Gasteiger charge is 2.02. The van der Waals surface area contributed by atoms with Crippen molar-refractivity contribution in [2.45, 2.75) is 39.2 Å². The highest BCUT2D eigenvalue weighted by molar-refractivity contribution is 4.51. The van der Waals surface area contributed by atoms with Crippen molar-refractivity contribution in [1.29, 1.82) is 0 Å². The summed E-state index contributed by atoms with van der Waals surface area (Å²) in [6.07, 6.45) is 3.26. The monoisotopic (exact) mass is 131 g/mol. The minimum absolute atomic E-state index is 0.201. The Morgan fingerprint density at radius 3 is 2.44 bits per heavy atom. The lowest BCUT2D eigenvalue weighted by Gasteiger charge is -2.10. The fourth-order valence-electron chi connectivity index (χ4n) is 0.824. The largest absolute Gasteiger partial charge is 0.349 e. The molecular weight excluding hydrogens is 116 g/mol. The van der Waals surface area contributed by atoms with E-state index >= 15 is 0 Å². The van der Waals surface area contributed by atoms with Crippen LogP contribution in [0.15, 0.2) is 0 Å². The molecule has 2 nitrogen and oxygen atoms in total. The average molecular weight is 131 g/mol. The molecule has 0 aromatic carbocycles. The van der Waals surface area contributed by atoms with Crippen LogP contribution < -0.4 is 0 Å². The third kappa shape index (κ3) is 4.43. The van der Waals surface area contributed by atoms with Crippen molar-refractivity contribution in [2.24, 2.45) is 0 Å². The topological polar surface area (TPSA) is 29.1 Å². The van der Waals surface area contributed by atoms with Crippen LogP contribution in [0.1, 0.15) is 33.1 Å². The molecule has 55 valence electrons. The standard InChI is InChI=1S/C7H15O2/c1-3-5-7(4-2)9-6-8/h7H,3-6H2,1-2H3. The third-order valence-electron chi connectivity index (χ3n) is 1.37. The molecule has 1 unspecified atom stereocenters. The lowest BCUT2D eigenvalue weighted by atomic mass is 10.2. The normalized spacial score (nSPS) is 13.7. The Labute approximate surface area is 56.8 Å². The van der Waals surface area contributed by atoms with Gasteiger partial charge in [-0.2, -0.15) is 0 Å². The predicted octanol–water partition coefficient (Wildman–Crippen LogP) is 1.97. The lowest BCUT2D eigenvalue weighted by molar-refractivity contribution is -0.0867. The van der Waals surface area contributed by atoms with Gasteiger partial charge in [-0.05, 0) is 12.8 Å². The maximum atomic E-state index is 9.95. The van der Waals surface area contributed by atoms with Crippen LogP contribution in [0.2, 0.25) is 0 Å².